The van der Waals surface area contributed by atoms with Gasteiger partial charge in [0.05, 0.1) is 25.3 Å². The van der Waals surface area contributed by atoms with Crippen LogP contribution in [0.5, 0.6) is 0 Å². The second-order valence-electron chi connectivity index (χ2n) is 7.31. The number of carbonyl (C=O) groups excluding carboxylic acids is 1. The van der Waals surface area contributed by atoms with Crippen molar-refractivity contribution in [1.82, 2.24) is 9.80 Å². The highest BCUT2D eigenvalue weighted by Crippen LogP contribution is 2.32. The summed E-state index contributed by atoms with van der Waals surface area (Å²) in [5.41, 5.74) is 0.497. The van der Waals surface area contributed by atoms with Gasteiger partial charge in [-0.15, -0.1) is 0 Å². The molecular weight excluding hydrogens is 394 g/mol. The molecular formula is C20H26BrN3O2. The van der Waals surface area contributed by atoms with E-state index in [0.29, 0.717) is 19.7 Å². The summed E-state index contributed by atoms with van der Waals surface area (Å²) in [5, 5.41) is 9.70. The molecule has 1 aromatic rings. The molecule has 2 fully saturated rings. The number of rotatable bonds is 4. The maximum Gasteiger partial charge on any atom is 0.237 e. The third-order valence-electron chi connectivity index (χ3n) is 5.63. The van der Waals surface area contributed by atoms with Crippen LogP contribution in [-0.4, -0.2) is 54.5 Å². The Kier molecular flexibility index (Phi) is 6.33. The average molecular weight is 420 g/mol. The van der Waals surface area contributed by atoms with Crippen LogP contribution >= 0.6 is 15.9 Å². The number of nitrogens with zero attached hydrogens (tertiary/aromatic N) is 3. The average Bonchev–Trinajstić information content (AvgIpc) is 2.68. The van der Waals surface area contributed by atoms with E-state index < -0.39 is 5.54 Å². The van der Waals surface area contributed by atoms with Crippen molar-refractivity contribution >= 4 is 21.8 Å². The minimum Gasteiger partial charge on any atom is -0.371 e. The molecule has 0 N–H and O–H groups in total. The molecule has 1 aliphatic carbocycles. The molecule has 26 heavy (non-hydrogen) atoms. The Hall–Kier alpha value is -1.42. The minimum absolute atomic E-state index is 0.0287. The highest BCUT2D eigenvalue weighted by atomic mass is 79.9. The van der Waals surface area contributed by atoms with E-state index in [4.69, 9.17) is 4.74 Å². The first-order chi connectivity index (χ1) is 12.5. The van der Waals surface area contributed by atoms with Gasteiger partial charge in [0, 0.05) is 24.6 Å². The third kappa shape index (κ3) is 4.28. The van der Waals surface area contributed by atoms with Crippen molar-refractivity contribution in [1.29, 1.82) is 5.26 Å². The first-order valence-electron chi connectivity index (χ1n) is 9.31. The van der Waals surface area contributed by atoms with Crippen LogP contribution in [0, 0.1) is 11.3 Å². The molecule has 1 atom stereocenters. The zero-order valence-electron chi connectivity index (χ0n) is 15.3. The fourth-order valence-corrected chi connectivity index (χ4v) is 4.37. The lowest BCUT2D eigenvalue weighted by atomic mass is 9.81. The Morgan fingerprint density at radius 3 is 2.88 bits per heavy atom. The van der Waals surface area contributed by atoms with Crippen molar-refractivity contribution in [3.63, 3.8) is 0 Å². The number of carbonyl (C=O) groups is 1. The maximum absolute atomic E-state index is 12.9. The van der Waals surface area contributed by atoms with Gasteiger partial charge >= 0.3 is 0 Å². The molecule has 0 spiro atoms. The van der Waals surface area contributed by atoms with Crippen LogP contribution in [0.1, 0.15) is 43.8 Å². The predicted octanol–water partition coefficient (Wildman–Crippen LogP) is 3.51. The Morgan fingerprint density at radius 1 is 1.42 bits per heavy atom. The monoisotopic (exact) mass is 419 g/mol. The minimum atomic E-state index is -0.620. The number of benzene rings is 1. The number of morpholine rings is 1. The topological polar surface area (TPSA) is 56.6 Å². The van der Waals surface area contributed by atoms with Crippen LogP contribution in [0.4, 0.5) is 0 Å². The predicted molar refractivity (Wildman–Crippen MR) is 103 cm³/mol. The quantitative estimate of drug-likeness (QED) is 0.748. The number of halogens is 1. The largest absolute Gasteiger partial charge is 0.371 e. The van der Waals surface area contributed by atoms with Crippen LogP contribution < -0.4 is 0 Å². The summed E-state index contributed by atoms with van der Waals surface area (Å²) in [4.78, 5) is 16.7. The van der Waals surface area contributed by atoms with Crippen LogP contribution in [-0.2, 0) is 9.53 Å². The lowest BCUT2D eigenvalue weighted by Crippen LogP contribution is -2.53. The van der Waals surface area contributed by atoms with Crippen LogP contribution in [0.3, 0.4) is 0 Å². The van der Waals surface area contributed by atoms with Gasteiger partial charge in [0.1, 0.15) is 5.54 Å². The number of nitriles is 1. The molecule has 1 unspecified atom stereocenters. The van der Waals surface area contributed by atoms with E-state index in [1.54, 1.807) is 11.9 Å². The number of ether oxygens (including phenoxy) is 1. The van der Waals surface area contributed by atoms with E-state index in [-0.39, 0.29) is 12.0 Å². The molecule has 1 saturated heterocycles. The highest BCUT2D eigenvalue weighted by Gasteiger charge is 2.39. The first-order valence-corrected chi connectivity index (χ1v) is 10.1. The van der Waals surface area contributed by atoms with Gasteiger partial charge in [-0.3, -0.25) is 9.69 Å². The Labute approximate surface area is 164 Å². The SMILES string of the molecule is CN(C(=O)CN1CCOC(c2cccc(Br)c2)C1)C1(C#N)CCCCC1. The van der Waals surface area contributed by atoms with Gasteiger partial charge in [-0.1, -0.05) is 47.3 Å². The van der Waals surface area contributed by atoms with Gasteiger partial charge in [0.25, 0.3) is 0 Å². The molecule has 0 bridgehead atoms. The summed E-state index contributed by atoms with van der Waals surface area (Å²) >= 11 is 3.50. The fourth-order valence-electron chi connectivity index (χ4n) is 3.95. The van der Waals surface area contributed by atoms with Crippen molar-refractivity contribution < 1.29 is 9.53 Å². The Bertz CT molecular complexity index is 682. The van der Waals surface area contributed by atoms with E-state index in [1.807, 2.05) is 12.1 Å². The molecule has 0 radical (unpaired) electrons. The maximum atomic E-state index is 12.9. The summed E-state index contributed by atoms with van der Waals surface area (Å²) in [7, 11) is 1.79. The Morgan fingerprint density at radius 2 is 2.19 bits per heavy atom. The molecule has 2 aliphatic rings. The molecule has 1 aliphatic heterocycles. The third-order valence-corrected chi connectivity index (χ3v) is 6.13. The second kappa shape index (κ2) is 8.51. The fraction of sp³-hybridized carbons (Fsp3) is 0.600. The molecule has 3 rings (SSSR count). The number of hydrogen-bond acceptors (Lipinski definition) is 4. The smallest absolute Gasteiger partial charge is 0.237 e. The van der Waals surface area contributed by atoms with Gasteiger partial charge in [-0.25, -0.2) is 0 Å². The summed E-state index contributed by atoms with van der Waals surface area (Å²) in [6.07, 6.45) is 4.74. The van der Waals surface area contributed by atoms with Crippen molar-refractivity contribution in [2.45, 2.75) is 43.7 Å². The van der Waals surface area contributed by atoms with Crippen molar-refractivity contribution in [3.8, 4) is 6.07 Å². The van der Waals surface area contributed by atoms with Gasteiger partial charge in [-0.2, -0.15) is 5.26 Å². The Balaban J connectivity index is 1.62. The summed E-state index contributed by atoms with van der Waals surface area (Å²) in [6.45, 7) is 2.38. The molecule has 1 amide bonds. The molecule has 5 nitrogen and oxygen atoms in total. The van der Waals surface area contributed by atoms with Gasteiger partial charge in [0.2, 0.25) is 5.91 Å². The van der Waals surface area contributed by atoms with Crippen molar-refractivity contribution in [3.05, 3.63) is 34.3 Å². The number of hydrogen-bond donors (Lipinski definition) is 0. The van der Waals surface area contributed by atoms with Crippen LogP contribution in [0.15, 0.2) is 28.7 Å². The standard InChI is InChI=1S/C20H26BrN3O2/c1-23(20(15-22)8-3-2-4-9-20)19(25)14-24-10-11-26-18(13-24)16-6-5-7-17(21)12-16/h5-7,12,18H,2-4,8-11,13-14H2,1H3. The van der Waals surface area contributed by atoms with Crippen molar-refractivity contribution in [2.75, 3.05) is 33.3 Å². The normalized spacial score (nSPS) is 23.2. The number of amides is 1. The van der Waals surface area contributed by atoms with Gasteiger partial charge in [0.15, 0.2) is 0 Å². The van der Waals surface area contributed by atoms with E-state index in [1.165, 1.54) is 0 Å². The van der Waals surface area contributed by atoms with E-state index in [2.05, 4.69) is 39.0 Å². The molecule has 1 saturated carbocycles. The molecule has 1 heterocycles. The second-order valence-corrected chi connectivity index (χ2v) is 8.22. The molecule has 0 aromatic heterocycles. The van der Waals surface area contributed by atoms with E-state index in [9.17, 15) is 10.1 Å². The van der Waals surface area contributed by atoms with Gasteiger partial charge in [-0.05, 0) is 30.5 Å². The lowest BCUT2D eigenvalue weighted by molar-refractivity contribution is -0.138. The summed E-state index contributed by atoms with van der Waals surface area (Å²) in [5.74, 6) is 0.0309. The molecule has 1 aromatic carbocycles. The lowest BCUT2D eigenvalue weighted by Gasteiger charge is -2.40. The zero-order valence-corrected chi connectivity index (χ0v) is 16.9. The highest BCUT2D eigenvalue weighted by molar-refractivity contribution is 9.10. The van der Waals surface area contributed by atoms with Crippen LogP contribution in [0.2, 0.25) is 0 Å². The number of likely N-dealkylation sites (N-methyl/N-ethyl adjacent to an activating group) is 1. The summed E-state index contributed by atoms with van der Waals surface area (Å²) in [6, 6.07) is 10.5. The van der Waals surface area contributed by atoms with Crippen molar-refractivity contribution in [2.24, 2.45) is 0 Å². The molecule has 6 heteroatoms. The van der Waals surface area contributed by atoms with E-state index in [0.717, 1.165) is 48.7 Å². The first kappa shape index (κ1) is 19.3. The van der Waals surface area contributed by atoms with Crippen LogP contribution in [0.25, 0.3) is 0 Å². The summed E-state index contributed by atoms with van der Waals surface area (Å²) < 4.78 is 6.94. The molecule has 140 valence electrons. The van der Waals surface area contributed by atoms with E-state index >= 15 is 0 Å². The zero-order chi connectivity index (χ0) is 18.6. The van der Waals surface area contributed by atoms with Gasteiger partial charge < -0.3 is 9.64 Å².